The fraction of sp³-hybridized carbons (Fsp3) is 0.300. The number of thioether (sulfide) groups is 1. The Morgan fingerprint density at radius 3 is 3.00 bits per heavy atom. The zero-order valence-electron chi connectivity index (χ0n) is 16.0. The summed E-state index contributed by atoms with van der Waals surface area (Å²) >= 11 is 1.37. The molecule has 1 unspecified atom stereocenters. The predicted molar refractivity (Wildman–Crippen MR) is 109 cm³/mol. The minimum atomic E-state index is -1.03. The smallest absolute Gasteiger partial charge is 0.274 e. The van der Waals surface area contributed by atoms with E-state index in [1.54, 1.807) is 0 Å². The third kappa shape index (κ3) is 3.52. The van der Waals surface area contributed by atoms with E-state index in [0.29, 0.717) is 22.2 Å². The lowest BCUT2D eigenvalue weighted by Crippen LogP contribution is -2.42. The van der Waals surface area contributed by atoms with Gasteiger partial charge in [-0.1, -0.05) is 11.8 Å². The third-order valence-corrected chi connectivity index (χ3v) is 6.09. The van der Waals surface area contributed by atoms with Gasteiger partial charge in [-0.2, -0.15) is 5.26 Å². The molecule has 154 valence electrons. The molecule has 0 spiro atoms. The van der Waals surface area contributed by atoms with Crippen molar-refractivity contribution < 1.29 is 18.7 Å². The number of nitrogens with one attached hydrogen (secondary N) is 1. The highest BCUT2D eigenvalue weighted by molar-refractivity contribution is 8.13. The normalized spacial score (nSPS) is 25.2. The number of fused-ring (bicyclic) bond motifs is 1. The minimum Gasteiger partial charge on any atom is -0.379 e. The zero-order valence-corrected chi connectivity index (χ0v) is 16.8. The molecular formula is C20H18FN5O3S. The van der Waals surface area contributed by atoms with E-state index in [1.165, 1.54) is 55.4 Å². The number of ether oxygens (including phenoxy) is 2. The molecular weight excluding hydrogens is 409 g/mol. The van der Waals surface area contributed by atoms with Gasteiger partial charge in [0, 0.05) is 30.3 Å². The number of methoxy groups -OCH3 is 1. The average Bonchev–Trinajstić information content (AvgIpc) is 3.13. The van der Waals surface area contributed by atoms with Crippen LogP contribution in [0.1, 0.15) is 21.6 Å². The Morgan fingerprint density at radius 2 is 2.30 bits per heavy atom. The van der Waals surface area contributed by atoms with Crippen molar-refractivity contribution in [2.45, 2.75) is 11.8 Å². The summed E-state index contributed by atoms with van der Waals surface area (Å²) in [5, 5.41) is 11.9. The maximum atomic E-state index is 14.9. The number of carbonyl (C=O) groups is 1. The van der Waals surface area contributed by atoms with Gasteiger partial charge in [0.05, 0.1) is 18.1 Å². The van der Waals surface area contributed by atoms with E-state index in [-0.39, 0.29) is 23.8 Å². The van der Waals surface area contributed by atoms with Gasteiger partial charge in [-0.25, -0.2) is 14.4 Å². The molecule has 1 fully saturated rings. The van der Waals surface area contributed by atoms with Crippen LogP contribution in [0.3, 0.4) is 0 Å². The van der Waals surface area contributed by atoms with E-state index < -0.39 is 23.6 Å². The Balaban J connectivity index is 1.67. The van der Waals surface area contributed by atoms with Crippen molar-refractivity contribution in [3.8, 4) is 6.07 Å². The highest BCUT2D eigenvalue weighted by atomic mass is 32.2. The Labute approximate surface area is 176 Å². The molecule has 2 aliphatic rings. The lowest BCUT2D eigenvalue weighted by Gasteiger charge is -2.35. The third-order valence-electron chi connectivity index (χ3n) is 5.18. The molecule has 3 N–H and O–H groups in total. The van der Waals surface area contributed by atoms with Crippen LogP contribution in [-0.4, -0.2) is 41.8 Å². The first-order chi connectivity index (χ1) is 14.5. The predicted octanol–water partition coefficient (Wildman–Crippen LogP) is 2.22. The number of amides is 1. The van der Waals surface area contributed by atoms with Crippen molar-refractivity contribution >= 4 is 28.5 Å². The van der Waals surface area contributed by atoms with Gasteiger partial charge in [0.25, 0.3) is 5.91 Å². The Kier molecular flexibility index (Phi) is 5.42. The maximum absolute atomic E-state index is 14.9. The van der Waals surface area contributed by atoms with Crippen molar-refractivity contribution in [1.82, 2.24) is 4.98 Å². The van der Waals surface area contributed by atoms with Crippen molar-refractivity contribution in [3.05, 3.63) is 59.2 Å². The first kappa shape index (κ1) is 20.3. The number of carbonyl (C=O) groups excluding carboxylic acids is 1. The van der Waals surface area contributed by atoms with Crippen LogP contribution in [0, 0.1) is 23.1 Å². The molecule has 0 radical (unpaired) electrons. The van der Waals surface area contributed by atoms with Crippen LogP contribution in [0.5, 0.6) is 0 Å². The van der Waals surface area contributed by atoms with Crippen molar-refractivity contribution in [3.63, 3.8) is 0 Å². The molecule has 10 heteroatoms. The van der Waals surface area contributed by atoms with Crippen molar-refractivity contribution in [2.24, 2.45) is 16.6 Å². The van der Waals surface area contributed by atoms with Gasteiger partial charge in [-0.05, 0) is 30.3 Å². The van der Waals surface area contributed by atoms with Crippen LogP contribution in [0.15, 0.2) is 41.5 Å². The largest absolute Gasteiger partial charge is 0.379 e. The first-order valence-corrected chi connectivity index (χ1v) is 10.1. The molecule has 2 aromatic rings. The van der Waals surface area contributed by atoms with Gasteiger partial charge >= 0.3 is 0 Å². The summed E-state index contributed by atoms with van der Waals surface area (Å²) in [5.41, 5.74) is 6.07. The molecule has 1 aromatic heterocycles. The number of pyridine rings is 1. The first-order valence-electron chi connectivity index (χ1n) is 9.07. The Hall–Kier alpha value is -3.00. The fourth-order valence-corrected chi connectivity index (χ4v) is 4.70. The van der Waals surface area contributed by atoms with Gasteiger partial charge in [0.2, 0.25) is 0 Å². The number of nitrogens with two attached hydrogens (primary N) is 1. The second-order valence-corrected chi connectivity index (χ2v) is 7.94. The molecule has 2 aliphatic heterocycles. The average molecular weight is 427 g/mol. The number of benzene rings is 1. The van der Waals surface area contributed by atoms with Crippen LogP contribution >= 0.6 is 11.8 Å². The van der Waals surface area contributed by atoms with E-state index in [9.17, 15) is 9.18 Å². The van der Waals surface area contributed by atoms with E-state index in [2.05, 4.69) is 15.3 Å². The zero-order chi connectivity index (χ0) is 21.3. The van der Waals surface area contributed by atoms with Crippen molar-refractivity contribution in [2.75, 3.05) is 24.8 Å². The summed E-state index contributed by atoms with van der Waals surface area (Å²) in [5.74, 6) is -0.622. The summed E-state index contributed by atoms with van der Waals surface area (Å²) in [6.45, 7) is 0.114. The SMILES string of the molecule is COC1OC[C@]2(c3cc(NC(=O)c4ccc(C#N)cn4)ccc3F)N=C(N)SC[C@H]12. The van der Waals surface area contributed by atoms with Crippen LogP contribution in [-0.2, 0) is 15.0 Å². The van der Waals surface area contributed by atoms with Crippen LogP contribution in [0.25, 0.3) is 0 Å². The van der Waals surface area contributed by atoms with Gasteiger partial charge in [0.1, 0.15) is 23.1 Å². The monoisotopic (exact) mass is 427 g/mol. The second-order valence-electron chi connectivity index (χ2n) is 6.90. The number of amidine groups is 1. The Bertz CT molecular complexity index is 1060. The number of hydrogen-bond acceptors (Lipinski definition) is 8. The van der Waals surface area contributed by atoms with Crippen LogP contribution in [0.2, 0.25) is 0 Å². The number of nitrogens with zero attached hydrogens (tertiary/aromatic N) is 3. The number of aromatic nitrogens is 1. The van der Waals surface area contributed by atoms with E-state index >= 15 is 0 Å². The van der Waals surface area contributed by atoms with E-state index in [0.717, 1.165) is 0 Å². The summed E-state index contributed by atoms with van der Waals surface area (Å²) in [4.78, 5) is 21.0. The fourth-order valence-electron chi connectivity index (χ4n) is 3.69. The number of aliphatic imine (C=N–C) groups is 1. The molecule has 0 bridgehead atoms. The highest BCUT2D eigenvalue weighted by Gasteiger charge is 2.54. The molecule has 30 heavy (non-hydrogen) atoms. The molecule has 3 atom stereocenters. The molecule has 1 saturated heterocycles. The summed E-state index contributed by atoms with van der Waals surface area (Å²) in [6.07, 6.45) is 0.779. The lowest BCUT2D eigenvalue weighted by atomic mass is 9.80. The van der Waals surface area contributed by atoms with Crippen LogP contribution in [0.4, 0.5) is 10.1 Å². The minimum absolute atomic E-state index is 0.114. The Morgan fingerprint density at radius 1 is 1.47 bits per heavy atom. The lowest BCUT2D eigenvalue weighted by molar-refractivity contribution is -0.106. The number of rotatable bonds is 4. The van der Waals surface area contributed by atoms with Gasteiger partial charge in [0.15, 0.2) is 11.5 Å². The van der Waals surface area contributed by atoms with Gasteiger partial charge in [-0.15, -0.1) is 0 Å². The maximum Gasteiger partial charge on any atom is 0.274 e. The molecule has 4 rings (SSSR count). The highest BCUT2D eigenvalue weighted by Crippen LogP contribution is 2.48. The van der Waals surface area contributed by atoms with Gasteiger partial charge in [-0.3, -0.25) is 4.79 Å². The molecule has 3 heterocycles. The van der Waals surface area contributed by atoms with E-state index in [1.807, 2.05) is 6.07 Å². The molecule has 0 aliphatic carbocycles. The molecule has 1 amide bonds. The summed E-state index contributed by atoms with van der Waals surface area (Å²) in [6, 6.07) is 9.16. The second kappa shape index (κ2) is 8.02. The van der Waals surface area contributed by atoms with Crippen LogP contribution < -0.4 is 11.1 Å². The summed E-state index contributed by atoms with van der Waals surface area (Å²) in [7, 11) is 1.53. The van der Waals surface area contributed by atoms with E-state index in [4.69, 9.17) is 20.5 Å². The quantitative estimate of drug-likeness (QED) is 0.767. The molecule has 0 saturated carbocycles. The number of anilines is 1. The molecule has 1 aromatic carbocycles. The van der Waals surface area contributed by atoms with Gasteiger partial charge < -0.3 is 20.5 Å². The number of nitriles is 1. The molecule has 8 nitrogen and oxygen atoms in total. The topological polar surface area (TPSA) is 123 Å². The number of halogens is 1. The van der Waals surface area contributed by atoms with Crippen molar-refractivity contribution in [1.29, 1.82) is 5.26 Å². The summed E-state index contributed by atoms with van der Waals surface area (Å²) < 4.78 is 26.1. The number of hydrogen-bond donors (Lipinski definition) is 2. The standard InChI is InChI=1S/C20H18FN5O3S/c1-28-18-14-9-30-19(23)26-20(14,10-29-18)13-6-12(3-4-15(13)21)25-17(27)16-5-2-11(7-22)8-24-16/h2-6,8,14,18H,9-10H2,1H3,(H2,23,26)(H,25,27)/t14-,18?,20-/m1/s1.